The van der Waals surface area contributed by atoms with Crippen molar-refractivity contribution in [1.29, 1.82) is 0 Å². The highest BCUT2D eigenvalue weighted by atomic mass is 19.1. The number of pyridine rings is 1. The van der Waals surface area contributed by atoms with E-state index in [9.17, 15) is 8.78 Å². The van der Waals surface area contributed by atoms with Gasteiger partial charge in [0.15, 0.2) is 0 Å². The highest BCUT2D eigenvalue weighted by Gasteiger charge is 2.18. The van der Waals surface area contributed by atoms with Crippen LogP contribution >= 0.6 is 0 Å². The van der Waals surface area contributed by atoms with Gasteiger partial charge in [0.2, 0.25) is 0 Å². The van der Waals surface area contributed by atoms with Crippen molar-refractivity contribution in [2.75, 3.05) is 0 Å². The van der Waals surface area contributed by atoms with E-state index >= 15 is 0 Å². The summed E-state index contributed by atoms with van der Waals surface area (Å²) in [6.45, 7) is 0. The van der Waals surface area contributed by atoms with Gasteiger partial charge in [-0.2, -0.15) is 0 Å². The zero-order valence-corrected chi connectivity index (χ0v) is 14.2. The van der Waals surface area contributed by atoms with Gasteiger partial charge < -0.3 is 5.73 Å². The fraction of sp³-hybridized carbons (Fsp3) is 0.105. The van der Waals surface area contributed by atoms with Gasteiger partial charge in [-0.15, -0.1) is 5.10 Å². The summed E-state index contributed by atoms with van der Waals surface area (Å²) in [5.74, 6) is -1.31. The summed E-state index contributed by atoms with van der Waals surface area (Å²) in [5.41, 5.74) is 9.63. The monoisotopic (exact) mass is 361 g/mol. The molecule has 0 fully saturated rings. The molecule has 4 rings (SSSR count). The molecule has 0 bridgehead atoms. The maximum Gasteiger partial charge on any atom is 0.141 e. The molecule has 0 spiro atoms. The first kappa shape index (κ1) is 17.3. The van der Waals surface area contributed by atoms with Crippen molar-refractivity contribution in [3.8, 4) is 5.69 Å². The minimum atomic E-state index is -0.653. The summed E-state index contributed by atoms with van der Waals surface area (Å²) < 4.78 is 28.6. The van der Waals surface area contributed by atoms with Gasteiger partial charge in [0.05, 0.1) is 22.9 Å². The van der Waals surface area contributed by atoms with Gasteiger partial charge in [0.1, 0.15) is 25.0 Å². The van der Waals surface area contributed by atoms with E-state index in [4.69, 9.17) is 13.6 Å². The second-order valence-corrected chi connectivity index (χ2v) is 6.22. The Balaban J connectivity index is 1.77. The lowest BCUT2D eigenvalue weighted by molar-refractivity contribution is 0.575. The molecule has 5 nitrogen and oxygen atoms in total. The normalized spacial score (nSPS) is 12.4. The van der Waals surface area contributed by atoms with Crippen LogP contribution in [0, 0.1) is 11.6 Å². The third kappa shape index (κ3) is 3.43. The Morgan fingerprint density at radius 3 is 2.56 bits per heavy atom. The lowest BCUT2D eigenvalue weighted by Gasteiger charge is -2.17. The third-order valence-corrected chi connectivity index (χ3v) is 4.23. The zero-order chi connectivity index (χ0) is 19.0. The van der Waals surface area contributed by atoms with Gasteiger partial charge in [-0.05, 0) is 54.0 Å². The molecular formula is C19H14BF2N5. The Morgan fingerprint density at radius 1 is 1.04 bits per heavy atom. The minimum absolute atomic E-state index is 0.185. The van der Waals surface area contributed by atoms with Crippen LogP contribution in [0.25, 0.3) is 16.7 Å². The molecule has 0 aliphatic rings. The lowest BCUT2D eigenvalue weighted by Crippen LogP contribution is -2.23. The highest BCUT2D eigenvalue weighted by Crippen LogP contribution is 2.23. The molecular weight excluding hydrogens is 347 g/mol. The van der Waals surface area contributed by atoms with E-state index in [2.05, 4.69) is 15.3 Å². The number of nitrogens with two attached hydrogens (primary N) is 1. The van der Waals surface area contributed by atoms with Gasteiger partial charge in [-0.25, -0.2) is 13.5 Å². The van der Waals surface area contributed by atoms with E-state index in [1.807, 2.05) is 24.3 Å². The molecule has 2 aromatic heterocycles. The molecule has 1 unspecified atom stereocenters. The number of benzene rings is 2. The molecule has 0 aliphatic heterocycles. The van der Waals surface area contributed by atoms with Crippen LogP contribution in [0.4, 0.5) is 8.78 Å². The predicted octanol–water partition coefficient (Wildman–Crippen LogP) is 2.13. The first-order valence-electron chi connectivity index (χ1n) is 8.29. The van der Waals surface area contributed by atoms with Crippen LogP contribution in [0.5, 0.6) is 0 Å². The second kappa shape index (κ2) is 6.88. The number of hydrogen-bond acceptors (Lipinski definition) is 4. The maximum absolute atomic E-state index is 13.5. The molecule has 4 aromatic rings. The van der Waals surface area contributed by atoms with Crippen LogP contribution in [0.1, 0.15) is 17.3 Å². The first-order chi connectivity index (χ1) is 13.0. The van der Waals surface area contributed by atoms with Crippen molar-refractivity contribution in [2.45, 2.75) is 12.5 Å². The summed E-state index contributed by atoms with van der Waals surface area (Å²) in [6, 6.07) is 13.5. The SMILES string of the molecule is [B]c1ccc(-n2nnc3ccccc32)c(C(N)Cc2cc(F)cc(F)c2)n1. The van der Waals surface area contributed by atoms with Crippen molar-refractivity contribution in [1.82, 2.24) is 20.0 Å². The highest BCUT2D eigenvalue weighted by molar-refractivity contribution is 6.30. The summed E-state index contributed by atoms with van der Waals surface area (Å²) in [5, 5.41) is 8.32. The van der Waals surface area contributed by atoms with Crippen LogP contribution < -0.4 is 11.3 Å². The van der Waals surface area contributed by atoms with Crippen molar-refractivity contribution >= 4 is 24.5 Å². The van der Waals surface area contributed by atoms with Gasteiger partial charge >= 0.3 is 0 Å². The van der Waals surface area contributed by atoms with Gasteiger partial charge in [0, 0.05) is 6.07 Å². The molecule has 2 radical (unpaired) electrons. The fourth-order valence-corrected chi connectivity index (χ4v) is 3.06. The van der Waals surface area contributed by atoms with Crippen LogP contribution in [0.3, 0.4) is 0 Å². The van der Waals surface area contributed by atoms with Crippen LogP contribution in [-0.4, -0.2) is 27.8 Å². The average molecular weight is 361 g/mol. The van der Waals surface area contributed by atoms with Gasteiger partial charge in [-0.1, -0.05) is 17.3 Å². The fourth-order valence-electron chi connectivity index (χ4n) is 3.06. The van der Waals surface area contributed by atoms with Crippen molar-refractivity contribution < 1.29 is 8.78 Å². The summed E-state index contributed by atoms with van der Waals surface area (Å²) in [6.07, 6.45) is 0.185. The average Bonchev–Trinajstić information content (AvgIpc) is 3.05. The number of fused-ring (bicyclic) bond motifs is 1. The Morgan fingerprint density at radius 2 is 1.78 bits per heavy atom. The van der Waals surface area contributed by atoms with Crippen LogP contribution in [0.15, 0.2) is 54.6 Å². The number of para-hydroxylation sites is 1. The van der Waals surface area contributed by atoms with Crippen molar-refractivity contribution in [2.24, 2.45) is 5.73 Å². The summed E-state index contributed by atoms with van der Waals surface area (Å²) >= 11 is 0. The predicted molar refractivity (Wildman–Crippen MR) is 99.0 cm³/mol. The molecule has 27 heavy (non-hydrogen) atoms. The third-order valence-electron chi connectivity index (χ3n) is 4.23. The molecule has 2 aromatic carbocycles. The van der Waals surface area contributed by atoms with E-state index in [0.717, 1.165) is 17.1 Å². The van der Waals surface area contributed by atoms with Gasteiger partial charge in [0.25, 0.3) is 0 Å². The van der Waals surface area contributed by atoms with E-state index in [1.54, 1.807) is 16.8 Å². The first-order valence-corrected chi connectivity index (χ1v) is 8.29. The Kier molecular flexibility index (Phi) is 4.41. The number of rotatable bonds is 4. The van der Waals surface area contributed by atoms with E-state index in [0.29, 0.717) is 22.5 Å². The zero-order valence-electron chi connectivity index (χ0n) is 14.2. The molecule has 132 valence electrons. The van der Waals surface area contributed by atoms with Gasteiger partial charge in [-0.3, -0.25) is 4.98 Å². The molecule has 0 amide bonds. The van der Waals surface area contributed by atoms with Crippen molar-refractivity contribution in [3.63, 3.8) is 0 Å². The van der Waals surface area contributed by atoms with Crippen LogP contribution in [0.2, 0.25) is 0 Å². The molecule has 2 N–H and O–H groups in total. The molecule has 1 atom stereocenters. The largest absolute Gasteiger partial charge is 0.322 e. The molecule has 8 heteroatoms. The number of aromatic nitrogens is 4. The molecule has 0 saturated heterocycles. The Hall–Kier alpha value is -3.13. The number of hydrogen-bond donors (Lipinski definition) is 1. The summed E-state index contributed by atoms with van der Waals surface area (Å²) in [4.78, 5) is 4.35. The smallest absolute Gasteiger partial charge is 0.141 e. The maximum atomic E-state index is 13.5. The second-order valence-electron chi connectivity index (χ2n) is 6.22. The van der Waals surface area contributed by atoms with Crippen molar-refractivity contribution in [3.05, 3.63) is 77.5 Å². The lowest BCUT2D eigenvalue weighted by atomic mass is 9.98. The Bertz CT molecular complexity index is 1110. The summed E-state index contributed by atoms with van der Waals surface area (Å²) in [7, 11) is 5.84. The molecule has 0 aliphatic carbocycles. The quantitative estimate of drug-likeness (QED) is 0.566. The number of halogens is 2. The molecule has 0 saturated carbocycles. The minimum Gasteiger partial charge on any atom is -0.322 e. The van der Waals surface area contributed by atoms with Crippen LogP contribution in [-0.2, 0) is 6.42 Å². The topological polar surface area (TPSA) is 69.6 Å². The Labute approximate surface area is 155 Å². The van der Waals surface area contributed by atoms with E-state index < -0.39 is 17.7 Å². The van der Waals surface area contributed by atoms with E-state index in [-0.39, 0.29) is 6.42 Å². The molecule has 2 heterocycles. The standard InChI is InChI=1S/C19H14BF2N5/c20-18-6-5-17(27-16-4-2-1-3-15(16)25-26-27)19(24-18)14(23)9-11-7-12(21)10-13(22)8-11/h1-8,10,14H,9,23H2. The number of nitrogens with zero attached hydrogens (tertiary/aromatic N) is 4. The van der Waals surface area contributed by atoms with E-state index in [1.165, 1.54) is 12.1 Å².